The van der Waals surface area contributed by atoms with Gasteiger partial charge >= 0.3 is 0 Å². The number of H-pyrrole nitrogens is 1. The third kappa shape index (κ3) is 5.37. The first kappa shape index (κ1) is 13.0. The predicted molar refractivity (Wildman–Crippen MR) is 56.1 cm³/mol. The van der Waals surface area contributed by atoms with Gasteiger partial charge in [0.2, 0.25) is 5.91 Å². The fourth-order valence-corrected chi connectivity index (χ4v) is 0.759. The molecule has 0 atom stereocenters. The van der Waals surface area contributed by atoms with Crippen LogP contribution in [0.25, 0.3) is 0 Å². The molecule has 1 rings (SSSR count). The monoisotopic (exact) mass is 210 g/mol. The van der Waals surface area contributed by atoms with E-state index in [0.29, 0.717) is 5.56 Å². The van der Waals surface area contributed by atoms with Gasteiger partial charge in [-0.2, -0.15) is 5.16 Å². The molecular formula is C10H14N2O3. The summed E-state index contributed by atoms with van der Waals surface area (Å²) in [7, 11) is 0. The van der Waals surface area contributed by atoms with Crippen LogP contribution in [0.3, 0.4) is 0 Å². The van der Waals surface area contributed by atoms with Gasteiger partial charge < -0.3 is 4.52 Å². The summed E-state index contributed by atoms with van der Waals surface area (Å²) in [5.41, 5.74) is 0.583. The van der Waals surface area contributed by atoms with Crippen LogP contribution < -0.4 is 10.9 Å². The van der Waals surface area contributed by atoms with Gasteiger partial charge in [-0.1, -0.05) is 20.3 Å². The molecule has 1 aromatic heterocycles. The lowest BCUT2D eigenvalue weighted by Crippen LogP contribution is -2.11. The minimum absolute atomic E-state index is 0.120. The quantitative estimate of drug-likeness (QED) is 0.532. The normalized spacial score (nSPS) is 8.73. The number of rotatable bonds is 1. The second kappa shape index (κ2) is 6.49. The molecule has 0 aliphatic heterocycles. The number of carbonyl (C=O) groups is 1. The summed E-state index contributed by atoms with van der Waals surface area (Å²) < 4.78 is 4.57. The number of terminal acetylenes is 1. The van der Waals surface area contributed by atoms with Crippen LogP contribution in [0.1, 0.15) is 32.3 Å². The van der Waals surface area contributed by atoms with Crippen molar-refractivity contribution in [2.75, 3.05) is 0 Å². The summed E-state index contributed by atoms with van der Waals surface area (Å²) in [4.78, 5) is 20.5. The number of aromatic nitrogens is 1. The van der Waals surface area contributed by atoms with E-state index < -0.39 is 0 Å². The van der Waals surface area contributed by atoms with Crippen molar-refractivity contribution in [2.24, 2.45) is 0 Å². The molecule has 0 fully saturated rings. The molecule has 82 valence electrons. The van der Waals surface area contributed by atoms with Crippen LogP contribution in [0.4, 0.5) is 0 Å². The molecule has 2 N–H and O–H groups in total. The maximum atomic E-state index is 10.7. The summed E-state index contributed by atoms with van der Waals surface area (Å²) in [6.07, 6.45) is 6.10. The number of nitrogens with one attached hydrogen (secondary N) is 2. The Kier molecular flexibility index (Phi) is 5.64. The molecule has 0 saturated heterocycles. The number of hydrogen-bond donors (Lipinski definition) is 2. The summed E-state index contributed by atoms with van der Waals surface area (Å²) in [5, 5.41) is 4.32. The van der Waals surface area contributed by atoms with Crippen LogP contribution in [-0.4, -0.2) is 11.1 Å². The van der Waals surface area contributed by atoms with Crippen molar-refractivity contribution in [3.63, 3.8) is 0 Å². The second-order valence-corrected chi connectivity index (χ2v) is 3.10. The number of carbonyl (C=O) groups excluding carboxylic acids is 1. The minimum Gasteiger partial charge on any atom is -0.387 e. The van der Waals surface area contributed by atoms with E-state index in [1.807, 2.05) is 19.9 Å². The molecule has 0 bridgehead atoms. The standard InChI is InChI=1S/C6H9NO2.C4H5NO/c1-4(2)5-3-9-7-6(5)8;1-3-5-4(2)6/h3-4H,1-2H3,(H,7,8);1H,2H3,(H,5,6). The van der Waals surface area contributed by atoms with Crippen molar-refractivity contribution < 1.29 is 9.32 Å². The van der Waals surface area contributed by atoms with Crippen LogP contribution in [-0.2, 0) is 4.79 Å². The second-order valence-electron chi connectivity index (χ2n) is 3.10. The van der Waals surface area contributed by atoms with Crippen LogP contribution in [0, 0.1) is 12.5 Å². The van der Waals surface area contributed by atoms with Crippen molar-refractivity contribution in [1.29, 1.82) is 0 Å². The molecule has 0 unspecified atom stereocenters. The minimum atomic E-state index is -0.197. The third-order valence-electron chi connectivity index (χ3n) is 1.47. The highest BCUT2D eigenvalue weighted by Crippen LogP contribution is 2.06. The topological polar surface area (TPSA) is 75.1 Å². The lowest BCUT2D eigenvalue weighted by Gasteiger charge is -1.92. The summed E-state index contributed by atoms with van der Waals surface area (Å²) >= 11 is 0. The highest BCUT2D eigenvalue weighted by molar-refractivity contribution is 5.74. The van der Waals surface area contributed by atoms with Gasteiger partial charge in [0.1, 0.15) is 6.26 Å². The third-order valence-corrected chi connectivity index (χ3v) is 1.47. The average Bonchev–Trinajstić information content (AvgIpc) is 2.52. The van der Waals surface area contributed by atoms with E-state index in [1.165, 1.54) is 13.2 Å². The molecule has 1 aromatic rings. The maximum absolute atomic E-state index is 10.7. The van der Waals surface area contributed by atoms with Crippen molar-refractivity contribution >= 4 is 5.91 Å². The summed E-state index contributed by atoms with van der Waals surface area (Å²) in [6.45, 7) is 5.25. The van der Waals surface area contributed by atoms with E-state index >= 15 is 0 Å². The van der Waals surface area contributed by atoms with Crippen LogP contribution in [0.2, 0.25) is 0 Å². The van der Waals surface area contributed by atoms with Gasteiger partial charge in [-0.25, -0.2) is 0 Å². The molecule has 0 spiro atoms. The molecule has 0 radical (unpaired) electrons. The van der Waals surface area contributed by atoms with E-state index in [1.54, 1.807) is 0 Å². The summed E-state index contributed by atoms with van der Waals surface area (Å²) in [5.74, 6) is 0.0463. The van der Waals surface area contributed by atoms with Gasteiger partial charge in [0, 0.05) is 13.0 Å². The van der Waals surface area contributed by atoms with Crippen LogP contribution in [0.5, 0.6) is 0 Å². The zero-order chi connectivity index (χ0) is 11.8. The Hall–Kier alpha value is -1.96. The van der Waals surface area contributed by atoms with E-state index in [-0.39, 0.29) is 17.4 Å². The smallest absolute Gasteiger partial charge is 0.283 e. The van der Waals surface area contributed by atoms with Crippen LogP contribution in [0.15, 0.2) is 15.6 Å². The first-order valence-corrected chi connectivity index (χ1v) is 4.37. The molecular weight excluding hydrogens is 196 g/mol. The Balaban J connectivity index is 0.000000288. The molecule has 5 heteroatoms. The Labute approximate surface area is 87.8 Å². The highest BCUT2D eigenvalue weighted by Gasteiger charge is 2.04. The van der Waals surface area contributed by atoms with Crippen molar-refractivity contribution in [3.8, 4) is 12.5 Å². The van der Waals surface area contributed by atoms with Gasteiger partial charge in [0.25, 0.3) is 5.56 Å². The molecule has 1 heterocycles. The Bertz CT molecular complexity index is 395. The molecule has 1 amide bonds. The van der Waals surface area contributed by atoms with E-state index in [0.717, 1.165) is 0 Å². The Morgan fingerprint density at radius 1 is 1.67 bits per heavy atom. The fraction of sp³-hybridized carbons (Fsp3) is 0.400. The summed E-state index contributed by atoms with van der Waals surface area (Å²) in [6, 6.07) is 1.97. The van der Waals surface area contributed by atoms with Gasteiger partial charge in [-0.3, -0.25) is 14.9 Å². The molecule has 0 aromatic carbocycles. The lowest BCUT2D eigenvalue weighted by molar-refractivity contribution is -0.117. The predicted octanol–water partition coefficient (Wildman–Crippen LogP) is 0.804. The zero-order valence-electron chi connectivity index (χ0n) is 8.96. The molecule has 0 aliphatic carbocycles. The SMILES string of the molecule is C#CNC(C)=O.CC(C)c1co[nH]c1=O. The fourth-order valence-electron chi connectivity index (χ4n) is 0.759. The molecule has 5 nitrogen and oxygen atoms in total. The molecule has 0 aliphatic rings. The Morgan fingerprint density at radius 3 is 2.40 bits per heavy atom. The van der Waals surface area contributed by atoms with Crippen LogP contribution >= 0.6 is 0 Å². The largest absolute Gasteiger partial charge is 0.387 e. The molecule has 15 heavy (non-hydrogen) atoms. The van der Waals surface area contributed by atoms with E-state index in [2.05, 4.69) is 21.4 Å². The first-order chi connectivity index (χ1) is 6.99. The number of aromatic amines is 1. The van der Waals surface area contributed by atoms with Crippen molar-refractivity contribution in [1.82, 2.24) is 10.5 Å². The zero-order valence-corrected chi connectivity index (χ0v) is 8.96. The average molecular weight is 210 g/mol. The maximum Gasteiger partial charge on any atom is 0.283 e. The highest BCUT2D eigenvalue weighted by atomic mass is 16.5. The van der Waals surface area contributed by atoms with Gasteiger partial charge in [-0.15, -0.1) is 0 Å². The van der Waals surface area contributed by atoms with Gasteiger partial charge in [0.05, 0.1) is 5.56 Å². The first-order valence-electron chi connectivity index (χ1n) is 4.37. The Morgan fingerprint density at radius 2 is 2.27 bits per heavy atom. The van der Waals surface area contributed by atoms with Crippen molar-refractivity contribution in [2.45, 2.75) is 26.7 Å². The van der Waals surface area contributed by atoms with Gasteiger partial charge in [0.15, 0.2) is 0 Å². The van der Waals surface area contributed by atoms with Gasteiger partial charge in [-0.05, 0) is 5.92 Å². The number of amides is 1. The van der Waals surface area contributed by atoms with E-state index in [9.17, 15) is 9.59 Å². The number of hydrogen-bond acceptors (Lipinski definition) is 3. The van der Waals surface area contributed by atoms with E-state index in [4.69, 9.17) is 0 Å². The van der Waals surface area contributed by atoms with Crippen molar-refractivity contribution in [3.05, 3.63) is 22.2 Å². The molecule has 0 saturated carbocycles. The lowest BCUT2D eigenvalue weighted by atomic mass is 10.1.